The first kappa shape index (κ1) is 23.7. The summed E-state index contributed by atoms with van der Waals surface area (Å²) < 4.78 is 16.3. The number of thiocarbonyl (C=S) groups is 1. The van der Waals surface area contributed by atoms with Gasteiger partial charge in [-0.15, -0.1) is 0 Å². The average molecular weight is 502 g/mol. The Labute approximate surface area is 214 Å². The van der Waals surface area contributed by atoms with Crippen LogP contribution in [0, 0.1) is 0 Å². The normalized spacial score (nSPS) is 12.8. The molecule has 1 unspecified atom stereocenters. The lowest BCUT2D eigenvalue weighted by Gasteiger charge is -2.28. The van der Waals surface area contributed by atoms with E-state index >= 15 is 0 Å². The predicted molar refractivity (Wildman–Crippen MR) is 144 cm³/mol. The van der Waals surface area contributed by atoms with Gasteiger partial charge in [-0.05, 0) is 66.0 Å². The van der Waals surface area contributed by atoms with Gasteiger partial charge in [-0.3, -0.25) is 4.79 Å². The molecule has 7 nitrogen and oxygen atoms in total. The molecule has 5 rings (SSSR count). The van der Waals surface area contributed by atoms with Gasteiger partial charge in [0.1, 0.15) is 5.75 Å². The first-order chi connectivity index (χ1) is 17.5. The van der Waals surface area contributed by atoms with Gasteiger partial charge >= 0.3 is 0 Å². The molecule has 0 saturated carbocycles. The largest absolute Gasteiger partial charge is 0.497 e. The van der Waals surface area contributed by atoms with Crippen molar-refractivity contribution in [2.75, 3.05) is 13.9 Å². The second-order valence-electron chi connectivity index (χ2n) is 8.70. The zero-order chi connectivity index (χ0) is 25.1. The van der Waals surface area contributed by atoms with E-state index in [9.17, 15) is 4.79 Å². The lowest BCUT2D eigenvalue weighted by atomic mass is 10.1. The van der Waals surface area contributed by atoms with E-state index in [4.69, 9.17) is 26.4 Å². The van der Waals surface area contributed by atoms with Gasteiger partial charge in [0.15, 0.2) is 16.6 Å². The van der Waals surface area contributed by atoms with Crippen molar-refractivity contribution < 1.29 is 14.2 Å². The van der Waals surface area contributed by atoms with Crippen LogP contribution in [0.25, 0.3) is 10.9 Å². The summed E-state index contributed by atoms with van der Waals surface area (Å²) in [6, 6.07) is 23.5. The molecule has 184 valence electrons. The van der Waals surface area contributed by atoms with Crippen molar-refractivity contribution in [1.82, 2.24) is 15.2 Å². The highest BCUT2D eigenvalue weighted by atomic mass is 32.1. The summed E-state index contributed by atoms with van der Waals surface area (Å²) in [4.78, 5) is 18.0. The number of H-pyrrole nitrogens is 1. The van der Waals surface area contributed by atoms with Crippen molar-refractivity contribution in [3.8, 4) is 17.2 Å². The Bertz CT molecular complexity index is 1450. The van der Waals surface area contributed by atoms with Gasteiger partial charge in [0.05, 0.1) is 25.2 Å². The number of ether oxygens (including phenoxy) is 3. The van der Waals surface area contributed by atoms with Gasteiger partial charge in [-0.1, -0.05) is 36.4 Å². The van der Waals surface area contributed by atoms with Crippen molar-refractivity contribution in [3.63, 3.8) is 0 Å². The number of aromatic amines is 1. The van der Waals surface area contributed by atoms with Crippen LogP contribution in [0.1, 0.15) is 29.7 Å². The molecule has 1 aliphatic rings. The van der Waals surface area contributed by atoms with E-state index in [2.05, 4.69) is 29.4 Å². The zero-order valence-electron chi connectivity index (χ0n) is 20.1. The summed E-state index contributed by atoms with van der Waals surface area (Å²) in [7, 11) is 1.60. The third-order valence-electron chi connectivity index (χ3n) is 6.23. The topological polar surface area (TPSA) is 75.8 Å². The van der Waals surface area contributed by atoms with Gasteiger partial charge in [0, 0.05) is 18.2 Å². The summed E-state index contributed by atoms with van der Waals surface area (Å²) in [6.45, 7) is 3.11. The van der Waals surface area contributed by atoms with Crippen LogP contribution in [0.5, 0.6) is 17.2 Å². The van der Waals surface area contributed by atoms with Crippen LogP contribution in [-0.4, -0.2) is 28.9 Å². The Morgan fingerprint density at radius 2 is 1.86 bits per heavy atom. The van der Waals surface area contributed by atoms with E-state index in [1.807, 2.05) is 65.6 Å². The second kappa shape index (κ2) is 10.3. The number of hydrogen-bond acceptors (Lipinski definition) is 5. The molecule has 1 aliphatic heterocycles. The molecule has 0 amide bonds. The van der Waals surface area contributed by atoms with Crippen LogP contribution in [0.3, 0.4) is 0 Å². The minimum absolute atomic E-state index is 0.000284. The number of benzene rings is 3. The minimum Gasteiger partial charge on any atom is -0.497 e. The van der Waals surface area contributed by atoms with Crippen molar-refractivity contribution in [3.05, 3.63) is 99.8 Å². The molecule has 8 heteroatoms. The van der Waals surface area contributed by atoms with Crippen LogP contribution in [-0.2, 0) is 13.1 Å². The summed E-state index contributed by atoms with van der Waals surface area (Å²) >= 11 is 5.85. The second-order valence-corrected chi connectivity index (χ2v) is 9.09. The number of hydrogen-bond donors (Lipinski definition) is 2. The van der Waals surface area contributed by atoms with Crippen LogP contribution in [0.4, 0.5) is 0 Å². The smallest absolute Gasteiger partial charge is 0.253 e. The van der Waals surface area contributed by atoms with Crippen LogP contribution in [0.2, 0.25) is 0 Å². The number of pyridine rings is 1. The Balaban J connectivity index is 1.43. The molecule has 4 aromatic rings. The third-order valence-corrected chi connectivity index (χ3v) is 6.60. The molecule has 36 heavy (non-hydrogen) atoms. The first-order valence-corrected chi connectivity index (χ1v) is 12.1. The van der Waals surface area contributed by atoms with Gasteiger partial charge < -0.3 is 29.4 Å². The summed E-state index contributed by atoms with van der Waals surface area (Å²) in [5.41, 5.74) is 3.30. The van der Waals surface area contributed by atoms with E-state index in [1.165, 1.54) is 0 Å². The molecular formula is C28H27N3O4S. The number of aromatic nitrogens is 1. The number of nitrogens with one attached hydrogen (secondary N) is 2. The molecule has 1 atom stereocenters. The lowest BCUT2D eigenvalue weighted by molar-refractivity contribution is 0.174. The van der Waals surface area contributed by atoms with E-state index < -0.39 is 0 Å². The van der Waals surface area contributed by atoms with E-state index in [-0.39, 0.29) is 18.4 Å². The SMILES string of the molecule is COc1ccc2cc(CN(Cc3ccc4c(c3)OCO4)C(=S)NC(C)c3ccccc3)c(=O)[nH]c2c1. The Morgan fingerprint density at radius 1 is 1.06 bits per heavy atom. The molecule has 2 N–H and O–H groups in total. The fourth-order valence-corrected chi connectivity index (χ4v) is 4.54. The van der Waals surface area contributed by atoms with E-state index in [1.54, 1.807) is 7.11 Å². The lowest BCUT2D eigenvalue weighted by Crippen LogP contribution is -2.41. The van der Waals surface area contributed by atoms with Crippen molar-refractivity contribution in [1.29, 1.82) is 0 Å². The molecule has 3 aromatic carbocycles. The standard InChI is InChI=1S/C28H27N3O4S/c1-18(20-6-4-3-5-7-20)29-28(36)31(15-19-8-11-25-26(12-19)35-17-34-25)16-22-13-21-9-10-23(33-2)14-24(21)30-27(22)32/h3-14,18H,15-17H2,1-2H3,(H,29,36)(H,30,32). The van der Waals surface area contributed by atoms with Crippen LogP contribution in [0.15, 0.2) is 77.6 Å². The fourth-order valence-electron chi connectivity index (χ4n) is 4.24. The molecule has 0 bridgehead atoms. The van der Waals surface area contributed by atoms with Gasteiger partial charge in [0.25, 0.3) is 5.56 Å². The van der Waals surface area contributed by atoms with Gasteiger partial charge in [-0.25, -0.2) is 0 Å². The van der Waals surface area contributed by atoms with Crippen molar-refractivity contribution in [2.45, 2.75) is 26.1 Å². The molecule has 1 aromatic heterocycles. The third kappa shape index (κ3) is 5.13. The maximum absolute atomic E-state index is 13.0. The van der Waals surface area contributed by atoms with Gasteiger partial charge in [0.2, 0.25) is 6.79 Å². The fraction of sp³-hybridized carbons (Fsp3) is 0.214. The predicted octanol–water partition coefficient (Wildman–Crippen LogP) is 4.90. The summed E-state index contributed by atoms with van der Waals surface area (Å²) in [6.07, 6.45) is 0. The van der Waals surface area contributed by atoms with E-state index in [0.29, 0.717) is 35.3 Å². The molecule has 0 aliphatic carbocycles. The number of fused-ring (bicyclic) bond motifs is 2. The monoisotopic (exact) mass is 501 g/mol. The van der Waals surface area contributed by atoms with Crippen molar-refractivity contribution >= 4 is 28.2 Å². The van der Waals surface area contributed by atoms with Gasteiger partial charge in [-0.2, -0.15) is 0 Å². The van der Waals surface area contributed by atoms with E-state index in [0.717, 1.165) is 27.8 Å². The first-order valence-electron chi connectivity index (χ1n) is 11.7. The summed E-state index contributed by atoms with van der Waals surface area (Å²) in [5, 5.41) is 4.91. The molecule has 0 spiro atoms. The average Bonchev–Trinajstić information content (AvgIpc) is 3.37. The van der Waals surface area contributed by atoms with Crippen LogP contribution >= 0.6 is 12.2 Å². The van der Waals surface area contributed by atoms with Crippen molar-refractivity contribution in [2.24, 2.45) is 0 Å². The molecule has 0 fully saturated rings. The minimum atomic E-state index is -0.162. The highest BCUT2D eigenvalue weighted by Gasteiger charge is 2.19. The van der Waals surface area contributed by atoms with Crippen LogP contribution < -0.4 is 25.1 Å². The molecule has 2 heterocycles. The highest BCUT2D eigenvalue weighted by molar-refractivity contribution is 7.80. The molecule has 0 saturated heterocycles. The maximum atomic E-state index is 13.0. The quantitative estimate of drug-likeness (QED) is 0.349. The highest BCUT2D eigenvalue weighted by Crippen LogP contribution is 2.33. The number of rotatable bonds is 7. The summed E-state index contributed by atoms with van der Waals surface area (Å²) in [5.74, 6) is 2.13. The molecule has 0 radical (unpaired) electrons. The number of nitrogens with zero attached hydrogens (tertiary/aromatic N) is 1. The number of methoxy groups -OCH3 is 1. The molecular weight excluding hydrogens is 474 g/mol. The maximum Gasteiger partial charge on any atom is 0.253 e. The Morgan fingerprint density at radius 3 is 2.67 bits per heavy atom. The Hall–Kier alpha value is -4.04. The Kier molecular flexibility index (Phi) is 6.77. The zero-order valence-corrected chi connectivity index (χ0v) is 20.9.